The minimum Gasteiger partial charge on any atom is -0.496 e. The molecule has 0 aliphatic carbocycles. The van der Waals surface area contributed by atoms with Crippen molar-refractivity contribution >= 4 is 35.1 Å². The molecule has 0 spiro atoms. The van der Waals surface area contributed by atoms with Crippen molar-refractivity contribution in [2.45, 2.75) is 26.2 Å². The maximum Gasteiger partial charge on any atom is 0.341 e. The van der Waals surface area contributed by atoms with Gasteiger partial charge in [0.05, 0.1) is 40.6 Å². The Morgan fingerprint density at radius 1 is 0.800 bits per heavy atom. The highest BCUT2D eigenvalue weighted by atomic mass is 35.5. The van der Waals surface area contributed by atoms with Crippen LogP contribution in [0.2, 0.25) is 5.02 Å². The van der Waals surface area contributed by atoms with Crippen LogP contribution < -0.4 is 9.47 Å². The molecular weight excluding hydrogens is 476 g/mol. The maximum absolute atomic E-state index is 12.5. The van der Waals surface area contributed by atoms with Crippen molar-refractivity contribution in [2.24, 2.45) is 0 Å². The summed E-state index contributed by atoms with van der Waals surface area (Å²) in [7, 11) is 6.78. The summed E-state index contributed by atoms with van der Waals surface area (Å²) in [4.78, 5) is 36.4. The molecule has 0 amide bonds. The second-order valence-corrected chi connectivity index (χ2v) is 7.89. The third-order valence-corrected chi connectivity index (χ3v) is 5.60. The van der Waals surface area contributed by atoms with Gasteiger partial charge in [0.25, 0.3) is 0 Å². The number of hydrogen-bond donors (Lipinski definition) is 0. The molecule has 2 aromatic carbocycles. The van der Waals surface area contributed by atoms with Gasteiger partial charge in [0.2, 0.25) is 0 Å². The molecule has 9 heteroatoms. The SMILES string of the molecule is COC(=O)CCC/C=C(\c1cc(C)c(OC)c(C(=O)OC)c1)c1cc(Cl)c(OC)c(C(=O)OC)c1. The Morgan fingerprint density at radius 2 is 1.34 bits per heavy atom. The number of rotatable bonds is 10. The van der Waals surface area contributed by atoms with Crippen LogP contribution in [0.4, 0.5) is 0 Å². The summed E-state index contributed by atoms with van der Waals surface area (Å²) in [5.41, 5.74) is 3.04. The number of halogens is 1. The lowest BCUT2D eigenvalue weighted by Crippen LogP contribution is -2.08. The van der Waals surface area contributed by atoms with Gasteiger partial charge >= 0.3 is 17.9 Å². The molecule has 2 aromatic rings. The molecule has 0 heterocycles. The van der Waals surface area contributed by atoms with Gasteiger partial charge in [-0.2, -0.15) is 0 Å². The van der Waals surface area contributed by atoms with Crippen molar-refractivity contribution in [3.8, 4) is 11.5 Å². The van der Waals surface area contributed by atoms with Gasteiger partial charge < -0.3 is 23.7 Å². The molecule has 0 saturated carbocycles. The lowest BCUT2D eigenvalue weighted by molar-refractivity contribution is -0.140. The van der Waals surface area contributed by atoms with Gasteiger partial charge in [0.1, 0.15) is 16.9 Å². The van der Waals surface area contributed by atoms with Gasteiger partial charge in [-0.25, -0.2) is 9.59 Å². The number of hydrogen-bond acceptors (Lipinski definition) is 8. The van der Waals surface area contributed by atoms with Gasteiger partial charge in [0, 0.05) is 6.42 Å². The molecule has 8 nitrogen and oxygen atoms in total. The van der Waals surface area contributed by atoms with Crippen molar-refractivity contribution in [2.75, 3.05) is 35.5 Å². The quantitative estimate of drug-likeness (QED) is 0.253. The number of esters is 3. The van der Waals surface area contributed by atoms with E-state index in [1.54, 1.807) is 18.2 Å². The van der Waals surface area contributed by atoms with Crippen molar-refractivity contribution < 1.29 is 38.1 Å². The van der Waals surface area contributed by atoms with Crippen LogP contribution in [-0.4, -0.2) is 53.5 Å². The largest absolute Gasteiger partial charge is 0.496 e. The summed E-state index contributed by atoms with van der Waals surface area (Å²) in [6, 6.07) is 6.78. The molecule has 0 unspecified atom stereocenters. The number of methoxy groups -OCH3 is 5. The minimum absolute atomic E-state index is 0.149. The third kappa shape index (κ3) is 6.54. The Morgan fingerprint density at radius 3 is 1.86 bits per heavy atom. The van der Waals surface area contributed by atoms with E-state index in [4.69, 9.17) is 35.3 Å². The van der Waals surface area contributed by atoms with Crippen molar-refractivity contribution in [1.82, 2.24) is 0 Å². The van der Waals surface area contributed by atoms with Crippen LogP contribution in [0.5, 0.6) is 11.5 Å². The highest BCUT2D eigenvalue weighted by Gasteiger charge is 2.22. The zero-order chi connectivity index (χ0) is 26.1. The first-order valence-electron chi connectivity index (χ1n) is 10.7. The first-order chi connectivity index (χ1) is 16.7. The predicted octanol–water partition coefficient (Wildman–Crippen LogP) is 5.01. The van der Waals surface area contributed by atoms with Crippen LogP contribution >= 0.6 is 11.6 Å². The molecule has 0 aromatic heterocycles. The van der Waals surface area contributed by atoms with Crippen LogP contribution in [0.25, 0.3) is 5.57 Å². The Balaban J connectivity index is 2.73. The molecule has 0 saturated heterocycles. The van der Waals surface area contributed by atoms with Crippen LogP contribution in [0, 0.1) is 6.92 Å². The molecule has 0 fully saturated rings. The van der Waals surface area contributed by atoms with Gasteiger partial charge in [0.15, 0.2) is 5.75 Å². The van der Waals surface area contributed by atoms with Crippen molar-refractivity contribution in [3.63, 3.8) is 0 Å². The number of carbonyl (C=O) groups is 3. The highest BCUT2D eigenvalue weighted by molar-refractivity contribution is 6.33. The summed E-state index contributed by atoms with van der Waals surface area (Å²) in [5.74, 6) is -0.896. The van der Waals surface area contributed by atoms with E-state index in [2.05, 4.69) is 0 Å². The number of aryl methyl sites for hydroxylation is 1. The van der Waals surface area contributed by atoms with E-state index in [9.17, 15) is 14.4 Å². The Labute approximate surface area is 209 Å². The summed E-state index contributed by atoms with van der Waals surface area (Å²) < 4.78 is 25.3. The fraction of sp³-hybridized carbons (Fsp3) is 0.346. The van der Waals surface area contributed by atoms with Gasteiger partial charge in [-0.1, -0.05) is 17.7 Å². The molecule has 188 valence electrons. The average Bonchev–Trinajstić information content (AvgIpc) is 2.86. The monoisotopic (exact) mass is 504 g/mol. The summed E-state index contributed by atoms with van der Waals surface area (Å²) in [6.07, 6.45) is 3.19. The zero-order valence-electron chi connectivity index (χ0n) is 20.7. The number of ether oxygens (including phenoxy) is 5. The Bertz CT molecular complexity index is 1060. The number of carbonyl (C=O) groups excluding carboxylic acids is 3. The predicted molar refractivity (Wildman–Crippen MR) is 131 cm³/mol. The fourth-order valence-corrected chi connectivity index (χ4v) is 3.97. The molecule has 0 bridgehead atoms. The van der Waals surface area contributed by atoms with Crippen LogP contribution in [0.3, 0.4) is 0 Å². The van der Waals surface area contributed by atoms with Crippen LogP contribution in [-0.2, 0) is 19.0 Å². The molecule has 0 radical (unpaired) electrons. The van der Waals surface area contributed by atoms with Gasteiger partial charge in [-0.05, 0) is 66.3 Å². The van der Waals surface area contributed by atoms with E-state index in [0.29, 0.717) is 40.9 Å². The normalized spacial score (nSPS) is 11.0. The molecule has 35 heavy (non-hydrogen) atoms. The first-order valence-corrected chi connectivity index (χ1v) is 11.1. The Hall–Kier alpha value is -3.52. The second kappa shape index (κ2) is 12.8. The van der Waals surface area contributed by atoms with Gasteiger partial charge in [-0.3, -0.25) is 4.79 Å². The zero-order valence-corrected chi connectivity index (χ0v) is 21.4. The van der Waals surface area contributed by atoms with E-state index < -0.39 is 11.9 Å². The summed E-state index contributed by atoms with van der Waals surface area (Å²) >= 11 is 6.46. The first kappa shape index (κ1) is 27.7. The molecule has 0 aliphatic rings. The number of benzene rings is 2. The number of allylic oxidation sites excluding steroid dienone is 1. The van der Waals surface area contributed by atoms with E-state index in [0.717, 1.165) is 0 Å². The molecule has 0 N–H and O–H groups in total. The van der Waals surface area contributed by atoms with Crippen molar-refractivity contribution in [3.05, 3.63) is 63.2 Å². The summed E-state index contributed by atoms with van der Waals surface area (Å²) in [5, 5.41) is 0.212. The molecular formula is C26H29ClO8. The summed E-state index contributed by atoms with van der Waals surface area (Å²) in [6.45, 7) is 1.81. The van der Waals surface area contributed by atoms with Crippen LogP contribution in [0.1, 0.15) is 56.7 Å². The number of unbranched alkanes of at least 4 members (excludes halogenated alkanes) is 1. The topological polar surface area (TPSA) is 97.4 Å². The lowest BCUT2D eigenvalue weighted by Gasteiger charge is -2.17. The van der Waals surface area contributed by atoms with Crippen LogP contribution in [0.15, 0.2) is 30.3 Å². The van der Waals surface area contributed by atoms with E-state index >= 15 is 0 Å². The van der Waals surface area contributed by atoms with Crippen molar-refractivity contribution in [1.29, 1.82) is 0 Å². The Kier molecular flexibility index (Phi) is 10.1. The smallest absolute Gasteiger partial charge is 0.341 e. The maximum atomic E-state index is 12.5. The van der Waals surface area contributed by atoms with E-state index in [1.165, 1.54) is 35.5 Å². The molecule has 0 aliphatic heterocycles. The standard InChI is InChI=1S/C26H29ClO8/c1-15-11-16(12-19(23(15)32-3)25(29)34-5)18(9-7-8-10-22(28)31-2)17-13-20(26(30)35-6)24(33-4)21(27)14-17/h9,11-14H,7-8,10H2,1-6H3/b18-9+. The average molecular weight is 505 g/mol. The molecule has 0 atom stereocenters. The third-order valence-electron chi connectivity index (χ3n) is 5.32. The highest BCUT2D eigenvalue weighted by Crippen LogP contribution is 2.37. The van der Waals surface area contributed by atoms with E-state index in [-0.39, 0.29) is 34.3 Å². The van der Waals surface area contributed by atoms with E-state index in [1.807, 2.05) is 19.1 Å². The minimum atomic E-state index is -0.614. The second-order valence-electron chi connectivity index (χ2n) is 7.48. The van der Waals surface area contributed by atoms with Gasteiger partial charge in [-0.15, -0.1) is 0 Å². The fourth-order valence-electron chi connectivity index (χ4n) is 3.68. The molecule has 2 rings (SSSR count). The lowest BCUT2D eigenvalue weighted by atomic mass is 9.91.